The summed E-state index contributed by atoms with van der Waals surface area (Å²) in [6.45, 7) is 2.66. The number of benzene rings is 2. The highest BCUT2D eigenvalue weighted by atomic mass is 16.5. The van der Waals surface area contributed by atoms with E-state index < -0.39 is 0 Å². The number of aromatic hydroxyl groups is 1. The van der Waals surface area contributed by atoms with Crippen LogP contribution in [0.1, 0.15) is 28.7 Å². The van der Waals surface area contributed by atoms with Crippen LogP contribution in [0.5, 0.6) is 17.2 Å². The average Bonchev–Trinajstić information content (AvgIpc) is 2.75. The van der Waals surface area contributed by atoms with E-state index in [1.165, 1.54) is 11.1 Å². The number of hydrogen-bond donors (Lipinski definition) is 1. The molecule has 96 valence electrons. The minimum absolute atomic E-state index is 0.00106. The summed E-state index contributed by atoms with van der Waals surface area (Å²) >= 11 is 0. The Morgan fingerprint density at radius 3 is 2.79 bits per heavy atom. The summed E-state index contributed by atoms with van der Waals surface area (Å²) in [7, 11) is 0. The van der Waals surface area contributed by atoms with Gasteiger partial charge in [0.1, 0.15) is 23.4 Å². The summed E-state index contributed by atoms with van der Waals surface area (Å²) in [5.41, 5.74) is 3.43. The van der Waals surface area contributed by atoms with Crippen molar-refractivity contribution < 1.29 is 14.6 Å². The van der Waals surface area contributed by atoms with Gasteiger partial charge in [0.25, 0.3) is 0 Å². The monoisotopic (exact) mass is 254 g/mol. The Kier molecular flexibility index (Phi) is 2.07. The molecule has 2 aromatic carbocycles. The molecule has 3 heteroatoms. The third-order valence-corrected chi connectivity index (χ3v) is 3.91. The molecular weight excluding hydrogens is 240 g/mol. The SMILES string of the molecule is Cc1ccc2c(c1)O[C@H]1c3ccc(O)cc3OC[C@@H]21. The van der Waals surface area contributed by atoms with Crippen molar-refractivity contribution >= 4 is 0 Å². The van der Waals surface area contributed by atoms with E-state index in [0.717, 1.165) is 17.1 Å². The summed E-state index contributed by atoms with van der Waals surface area (Å²) in [6.07, 6.45) is 0.00106. The van der Waals surface area contributed by atoms with Crippen molar-refractivity contribution in [3.8, 4) is 17.2 Å². The van der Waals surface area contributed by atoms with Gasteiger partial charge in [0.15, 0.2) is 0 Å². The van der Waals surface area contributed by atoms with E-state index in [2.05, 4.69) is 25.1 Å². The third kappa shape index (κ3) is 1.51. The standard InChI is InChI=1S/C16H14O3/c1-9-2-4-11-13-8-18-14-7-10(17)3-5-12(14)16(13)19-15(11)6-9/h2-7,13,16-17H,8H2,1H3/t13-,16-/m0/s1. The van der Waals surface area contributed by atoms with Crippen LogP contribution in [0.15, 0.2) is 36.4 Å². The van der Waals surface area contributed by atoms with Crippen LogP contribution >= 0.6 is 0 Å². The minimum atomic E-state index is 0.00106. The predicted octanol–water partition coefficient (Wildman–Crippen LogP) is 3.31. The van der Waals surface area contributed by atoms with E-state index in [-0.39, 0.29) is 17.8 Å². The van der Waals surface area contributed by atoms with Gasteiger partial charge in [0.2, 0.25) is 0 Å². The summed E-state index contributed by atoms with van der Waals surface area (Å²) in [5.74, 6) is 2.15. The number of rotatable bonds is 0. The van der Waals surface area contributed by atoms with Gasteiger partial charge in [0.05, 0.1) is 12.5 Å². The molecule has 4 rings (SSSR count). The van der Waals surface area contributed by atoms with Gasteiger partial charge in [-0.3, -0.25) is 0 Å². The molecule has 3 nitrogen and oxygen atoms in total. The van der Waals surface area contributed by atoms with E-state index >= 15 is 0 Å². The maximum absolute atomic E-state index is 9.52. The average molecular weight is 254 g/mol. The summed E-state index contributed by atoms with van der Waals surface area (Å²) in [6, 6.07) is 11.5. The zero-order valence-electron chi connectivity index (χ0n) is 10.6. The smallest absolute Gasteiger partial charge is 0.138 e. The lowest BCUT2D eigenvalue weighted by atomic mass is 9.89. The van der Waals surface area contributed by atoms with E-state index in [4.69, 9.17) is 9.47 Å². The predicted molar refractivity (Wildman–Crippen MR) is 70.9 cm³/mol. The van der Waals surface area contributed by atoms with Gasteiger partial charge in [-0.05, 0) is 30.7 Å². The molecule has 0 unspecified atom stereocenters. The Bertz CT molecular complexity index is 663. The second-order valence-corrected chi connectivity index (χ2v) is 5.22. The molecule has 2 aromatic rings. The molecule has 0 fully saturated rings. The van der Waals surface area contributed by atoms with E-state index in [1.54, 1.807) is 12.1 Å². The molecule has 0 radical (unpaired) electrons. The van der Waals surface area contributed by atoms with Crippen LogP contribution in [0.25, 0.3) is 0 Å². The number of ether oxygens (including phenoxy) is 2. The molecule has 0 bridgehead atoms. The molecule has 0 amide bonds. The second kappa shape index (κ2) is 3.67. The Hall–Kier alpha value is -2.16. The maximum atomic E-state index is 9.52. The molecule has 2 aliphatic rings. The molecule has 1 N–H and O–H groups in total. The van der Waals surface area contributed by atoms with Gasteiger partial charge < -0.3 is 14.6 Å². The number of fused-ring (bicyclic) bond motifs is 5. The van der Waals surface area contributed by atoms with Crippen LogP contribution < -0.4 is 9.47 Å². The van der Waals surface area contributed by atoms with Crippen molar-refractivity contribution in [1.29, 1.82) is 0 Å². The van der Waals surface area contributed by atoms with Gasteiger partial charge in [-0.15, -0.1) is 0 Å². The Balaban J connectivity index is 1.81. The van der Waals surface area contributed by atoms with Crippen LogP contribution in [0.4, 0.5) is 0 Å². The Morgan fingerprint density at radius 2 is 1.89 bits per heavy atom. The largest absolute Gasteiger partial charge is 0.508 e. The van der Waals surface area contributed by atoms with Crippen LogP contribution in [-0.2, 0) is 0 Å². The first kappa shape index (κ1) is 10.7. The van der Waals surface area contributed by atoms with Crippen molar-refractivity contribution in [2.45, 2.75) is 18.9 Å². The molecule has 2 atom stereocenters. The molecular formula is C16H14O3. The van der Waals surface area contributed by atoms with Gasteiger partial charge in [0, 0.05) is 17.2 Å². The number of phenols is 1. The van der Waals surface area contributed by atoms with Crippen LogP contribution in [0, 0.1) is 6.92 Å². The topological polar surface area (TPSA) is 38.7 Å². The lowest BCUT2D eigenvalue weighted by molar-refractivity contribution is 0.139. The van der Waals surface area contributed by atoms with Gasteiger partial charge in [-0.1, -0.05) is 12.1 Å². The van der Waals surface area contributed by atoms with Crippen molar-refractivity contribution in [2.24, 2.45) is 0 Å². The highest BCUT2D eigenvalue weighted by Gasteiger charge is 2.40. The highest BCUT2D eigenvalue weighted by molar-refractivity contribution is 5.51. The van der Waals surface area contributed by atoms with E-state index in [1.807, 2.05) is 6.07 Å². The van der Waals surface area contributed by atoms with Crippen molar-refractivity contribution in [3.05, 3.63) is 53.1 Å². The Morgan fingerprint density at radius 1 is 1.05 bits per heavy atom. The first-order valence-corrected chi connectivity index (χ1v) is 6.45. The normalized spacial score (nSPS) is 22.8. The second-order valence-electron chi connectivity index (χ2n) is 5.22. The zero-order valence-corrected chi connectivity index (χ0v) is 10.6. The van der Waals surface area contributed by atoms with E-state index in [0.29, 0.717) is 6.61 Å². The lowest BCUT2D eigenvalue weighted by Crippen LogP contribution is -2.22. The molecule has 0 aromatic heterocycles. The molecule has 19 heavy (non-hydrogen) atoms. The maximum Gasteiger partial charge on any atom is 0.138 e. The summed E-state index contributed by atoms with van der Waals surface area (Å²) in [4.78, 5) is 0. The first-order chi connectivity index (χ1) is 9.22. The fourth-order valence-corrected chi connectivity index (χ4v) is 2.95. The number of hydrogen-bond acceptors (Lipinski definition) is 3. The highest BCUT2D eigenvalue weighted by Crippen LogP contribution is 2.51. The lowest BCUT2D eigenvalue weighted by Gasteiger charge is -2.27. The minimum Gasteiger partial charge on any atom is -0.508 e. The number of aryl methyl sites for hydroxylation is 1. The number of phenolic OH excluding ortho intramolecular Hbond substituents is 1. The van der Waals surface area contributed by atoms with Crippen LogP contribution in [-0.4, -0.2) is 11.7 Å². The first-order valence-electron chi connectivity index (χ1n) is 6.45. The summed E-state index contributed by atoms with van der Waals surface area (Å²) in [5, 5.41) is 9.52. The molecule has 2 aliphatic heterocycles. The molecule has 2 heterocycles. The van der Waals surface area contributed by atoms with E-state index in [9.17, 15) is 5.11 Å². The van der Waals surface area contributed by atoms with Gasteiger partial charge >= 0.3 is 0 Å². The molecule has 0 saturated carbocycles. The molecule has 0 spiro atoms. The zero-order chi connectivity index (χ0) is 13.0. The van der Waals surface area contributed by atoms with Crippen LogP contribution in [0.2, 0.25) is 0 Å². The third-order valence-electron chi connectivity index (χ3n) is 3.91. The van der Waals surface area contributed by atoms with Crippen molar-refractivity contribution in [2.75, 3.05) is 6.61 Å². The van der Waals surface area contributed by atoms with Crippen molar-refractivity contribution in [3.63, 3.8) is 0 Å². The van der Waals surface area contributed by atoms with Gasteiger partial charge in [-0.2, -0.15) is 0 Å². The van der Waals surface area contributed by atoms with Gasteiger partial charge in [-0.25, -0.2) is 0 Å². The molecule has 0 saturated heterocycles. The quantitative estimate of drug-likeness (QED) is 0.784. The molecule has 0 aliphatic carbocycles. The fourth-order valence-electron chi connectivity index (χ4n) is 2.95. The summed E-state index contributed by atoms with van der Waals surface area (Å²) < 4.78 is 11.9. The van der Waals surface area contributed by atoms with Crippen molar-refractivity contribution in [1.82, 2.24) is 0 Å². The van der Waals surface area contributed by atoms with Crippen LogP contribution in [0.3, 0.4) is 0 Å². The Labute approximate surface area is 111 Å². The fraction of sp³-hybridized carbons (Fsp3) is 0.250.